The van der Waals surface area contributed by atoms with Gasteiger partial charge in [-0.2, -0.15) is 0 Å². The van der Waals surface area contributed by atoms with Crippen LogP contribution in [0.1, 0.15) is 16.7 Å². The van der Waals surface area contributed by atoms with E-state index in [4.69, 9.17) is 26.4 Å². The summed E-state index contributed by atoms with van der Waals surface area (Å²) in [5.41, 5.74) is 4.26. The van der Waals surface area contributed by atoms with E-state index >= 15 is 0 Å². The Morgan fingerprint density at radius 3 is 1.96 bits per heavy atom. The number of anilines is 1. The second-order valence-electron chi connectivity index (χ2n) is 5.70. The number of ether oxygens (including phenoxy) is 3. The van der Waals surface area contributed by atoms with Crippen molar-refractivity contribution < 1.29 is 14.2 Å². The van der Waals surface area contributed by atoms with Gasteiger partial charge in [-0.25, -0.2) is 0 Å². The summed E-state index contributed by atoms with van der Waals surface area (Å²) in [7, 11) is 4.82. The number of aryl methyl sites for hydroxylation is 2. The largest absolute Gasteiger partial charge is 0.496 e. The number of hydrogen-bond donors (Lipinski definition) is 2. The molecule has 0 amide bonds. The van der Waals surface area contributed by atoms with Crippen molar-refractivity contribution >= 4 is 23.0 Å². The molecular weight excluding hydrogens is 336 g/mol. The number of hydrogen-bond acceptors (Lipinski definition) is 4. The van der Waals surface area contributed by atoms with Crippen molar-refractivity contribution in [2.75, 3.05) is 26.6 Å². The predicted molar refractivity (Wildman–Crippen MR) is 105 cm³/mol. The van der Waals surface area contributed by atoms with Crippen LogP contribution in [-0.2, 0) is 6.54 Å². The van der Waals surface area contributed by atoms with Crippen molar-refractivity contribution in [1.29, 1.82) is 0 Å². The molecule has 0 fully saturated rings. The Hall–Kier alpha value is -2.47. The minimum Gasteiger partial charge on any atom is -0.496 e. The van der Waals surface area contributed by atoms with Gasteiger partial charge in [0, 0.05) is 23.9 Å². The Bertz CT molecular complexity index is 742. The van der Waals surface area contributed by atoms with Crippen LogP contribution in [0, 0.1) is 13.8 Å². The quantitative estimate of drug-likeness (QED) is 0.764. The smallest absolute Gasteiger partial charge is 0.171 e. The first-order valence-electron chi connectivity index (χ1n) is 7.89. The molecule has 2 N–H and O–H groups in total. The van der Waals surface area contributed by atoms with Crippen LogP contribution in [0.3, 0.4) is 0 Å². The molecule has 25 heavy (non-hydrogen) atoms. The standard InChI is InChI=1S/C19H24N2O3S/c1-12-6-13(2)8-15(7-12)21-19(25)20-11-14-9-17(23-4)18(24-5)10-16(14)22-3/h6-10H,11H2,1-5H3,(H2,20,21,25). The Labute approximate surface area is 154 Å². The first-order valence-corrected chi connectivity index (χ1v) is 8.29. The van der Waals surface area contributed by atoms with Gasteiger partial charge in [0.25, 0.3) is 0 Å². The van der Waals surface area contributed by atoms with Crippen LogP contribution < -0.4 is 24.8 Å². The highest BCUT2D eigenvalue weighted by Gasteiger charge is 2.12. The average Bonchev–Trinajstić information content (AvgIpc) is 2.58. The maximum Gasteiger partial charge on any atom is 0.171 e. The summed E-state index contributed by atoms with van der Waals surface area (Å²) < 4.78 is 16.1. The first kappa shape index (κ1) is 18.9. The lowest BCUT2D eigenvalue weighted by Crippen LogP contribution is -2.28. The van der Waals surface area contributed by atoms with Gasteiger partial charge in [-0.05, 0) is 55.4 Å². The van der Waals surface area contributed by atoms with Gasteiger partial charge < -0.3 is 24.8 Å². The van der Waals surface area contributed by atoms with Crippen molar-refractivity contribution in [3.05, 3.63) is 47.0 Å². The van der Waals surface area contributed by atoms with E-state index in [1.165, 1.54) is 11.1 Å². The number of thiocarbonyl (C=S) groups is 1. The summed E-state index contributed by atoms with van der Waals surface area (Å²) in [6.45, 7) is 4.62. The molecule has 6 heteroatoms. The molecule has 0 aliphatic heterocycles. The van der Waals surface area contributed by atoms with Gasteiger partial charge in [-0.1, -0.05) is 6.07 Å². The van der Waals surface area contributed by atoms with E-state index in [0.717, 1.165) is 11.3 Å². The number of benzene rings is 2. The summed E-state index contributed by atoms with van der Waals surface area (Å²) in [5.74, 6) is 1.98. The van der Waals surface area contributed by atoms with E-state index in [2.05, 4.69) is 42.7 Å². The van der Waals surface area contributed by atoms with Crippen LogP contribution >= 0.6 is 12.2 Å². The molecular formula is C19H24N2O3S. The van der Waals surface area contributed by atoms with E-state index in [1.54, 1.807) is 27.4 Å². The van der Waals surface area contributed by atoms with Crippen LogP contribution in [0.15, 0.2) is 30.3 Å². The predicted octanol–water partition coefficient (Wildman–Crippen LogP) is 3.82. The van der Waals surface area contributed by atoms with Crippen LogP contribution in [-0.4, -0.2) is 26.4 Å². The third kappa shape index (κ3) is 5.00. The fourth-order valence-corrected chi connectivity index (χ4v) is 2.82. The molecule has 2 aromatic carbocycles. The summed E-state index contributed by atoms with van der Waals surface area (Å²) >= 11 is 5.39. The molecule has 0 saturated heterocycles. The molecule has 0 bridgehead atoms. The van der Waals surface area contributed by atoms with E-state index in [0.29, 0.717) is 28.9 Å². The van der Waals surface area contributed by atoms with Crippen molar-refractivity contribution in [3.8, 4) is 17.2 Å². The minimum atomic E-state index is 0.500. The fourth-order valence-electron chi connectivity index (χ4n) is 2.63. The second-order valence-corrected chi connectivity index (χ2v) is 6.11. The molecule has 134 valence electrons. The van der Waals surface area contributed by atoms with Crippen LogP contribution in [0.5, 0.6) is 17.2 Å². The van der Waals surface area contributed by atoms with Crippen molar-refractivity contribution in [3.63, 3.8) is 0 Å². The highest BCUT2D eigenvalue weighted by atomic mass is 32.1. The lowest BCUT2D eigenvalue weighted by atomic mass is 10.1. The van der Waals surface area contributed by atoms with E-state index in [9.17, 15) is 0 Å². The molecule has 0 heterocycles. The Morgan fingerprint density at radius 1 is 0.840 bits per heavy atom. The summed E-state index contributed by atoms with van der Waals surface area (Å²) in [6, 6.07) is 9.91. The Balaban J connectivity index is 2.08. The average molecular weight is 360 g/mol. The zero-order chi connectivity index (χ0) is 18.4. The third-order valence-corrected chi connectivity index (χ3v) is 3.95. The molecule has 2 rings (SSSR count). The minimum absolute atomic E-state index is 0.500. The van der Waals surface area contributed by atoms with Crippen LogP contribution in [0.4, 0.5) is 5.69 Å². The second kappa shape index (κ2) is 8.58. The molecule has 0 atom stereocenters. The Kier molecular flexibility index (Phi) is 6.47. The van der Waals surface area contributed by atoms with Gasteiger partial charge in [0.05, 0.1) is 21.3 Å². The lowest BCUT2D eigenvalue weighted by molar-refractivity contribution is 0.347. The van der Waals surface area contributed by atoms with E-state index < -0.39 is 0 Å². The first-order chi connectivity index (χ1) is 12.0. The molecule has 0 aliphatic carbocycles. The van der Waals surface area contributed by atoms with E-state index in [1.807, 2.05) is 6.07 Å². The molecule has 0 aromatic heterocycles. The number of rotatable bonds is 6. The monoisotopic (exact) mass is 360 g/mol. The summed E-state index contributed by atoms with van der Waals surface area (Å²) in [4.78, 5) is 0. The Morgan fingerprint density at radius 2 is 1.40 bits per heavy atom. The normalized spacial score (nSPS) is 10.1. The fraction of sp³-hybridized carbons (Fsp3) is 0.316. The zero-order valence-corrected chi connectivity index (χ0v) is 16.0. The SMILES string of the molecule is COc1cc(OC)c(OC)cc1CNC(=S)Nc1cc(C)cc(C)c1. The van der Waals surface area contributed by atoms with E-state index in [-0.39, 0.29) is 0 Å². The summed E-state index contributed by atoms with van der Waals surface area (Å²) in [5, 5.41) is 6.94. The van der Waals surface area contributed by atoms with Gasteiger partial charge in [0.1, 0.15) is 5.75 Å². The van der Waals surface area contributed by atoms with Gasteiger partial charge in [-0.3, -0.25) is 0 Å². The molecule has 2 aromatic rings. The van der Waals surface area contributed by atoms with Crippen molar-refractivity contribution in [2.24, 2.45) is 0 Å². The maximum absolute atomic E-state index is 5.43. The summed E-state index contributed by atoms with van der Waals surface area (Å²) in [6.07, 6.45) is 0. The zero-order valence-electron chi connectivity index (χ0n) is 15.2. The molecule has 0 aliphatic rings. The number of methoxy groups -OCH3 is 3. The number of nitrogens with one attached hydrogen (secondary N) is 2. The van der Waals surface area contributed by atoms with Crippen LogP contribution in [0.25, 0.3) is 0 Å². The topological polar surface area (TPSA) is 51.8 Å². The van der Waals surface area contributed by atoms with Gasteiger partial charge in [0.2, 0.25) is 0 Å². The van der Waals surface area contributed by atoms with Gasteiger partial charge in [-0.15, -0.1) is 0 Å². The molecule has 0 unspecified atom stereocenters. The van der Waals surface area contributed by atoms with Crippen molar-refractivity contribution in [1.82, 2.24) is 5.32 Å². The van der Waals surface area contributed by atoms with Crippen LogP contribution in [0.2, 0.25) is 0 Å². The van der Waals surface area contributed by atoms with Gasteiger partial charge in [0.15, 0.2) is 16.6 Å². The highest BCUT2D eigenvalue weighted by Crippen LogP contribution is 2.34. The third-order valence-electron chi connectivity index (χ3n) is 3.71. The van der Waals surface area contributed by atoms with Crippen molar-refractivity contribution in [2.45, 2.75) is 20.4 Å². The maximum atomic E-state index is 5.43. The molecule has 0 spiro atoms. The van der Waals surface area contributed by atoms with Gasteiger partial charge >= 0.3 is 0 Å². The lowest BCUT2D eigenvalue weighted by Gasteiger charge is -2.16. The molecule has 0 saturated carbocycles. The molecule has 5 nitrogen and oxygen atoms in total. The highest BCUT2D eigenvalue weighted by molar-refractivity contribution is 7.80. The molecule has 0 radical (unpaired) electrons.